The van der Waals surface area contributed by atoms with Crippen LogP contribution in [0.2, 0.25) is 0 Å². The van der Waals surface area contributed by atoms with E-state index in [0.29, 0.717) is 11.3 Å². The zero-order chi connectivity index (χ0) is 20.0. The maximum atomic E-state index is 13.5. The third-order valence-electron chi connectivity index (χ3n) is 5.44. The summed E-state index contributed by atoms with van der Waals surface area (Å²) in [7, 11) is 0. The van der Waals surface area contributed by atoms with Crippen molar-refractivity contribution in [1.29, 1.82) is 0 Å². The van der Waals surface area contributed by atoms with Gasteiger partial charge in [-0.2, -0.15) is 0 Å². The van der Waals surface area contributed by atoms with Crippen LogP contribution in [0.3, 0.4) is 0 Å². The van der Waals surface area contributed by atoms with Crippen molar-refractivity contribution in [2.24, 2.45) is 0 Å². The van der Waals surface area contributed by atoms with Crippen LogP contribution in [-0.4, -0.2) is 21.7 Å². The Hall–Kier alpha value is -3.57. The first kappa shape index (κ1) is 17.5. The van der Waals surface area contributed by atoms with Crippen LogP contribution < -0.4 is 5.32 Å². The molecule has 0 saturated carbocycles. The van der Waals surface area contributed by atoms with E-state index in [4.69, 9.17) is 12.2 Å². The smallest absolute Gasteiger partial charge is 0.261 e. The van der Waals surface area contributed by atoms with Gasteiger partial charge in [0.05, 0.1) is 5.70 Å². The summed E-state index contributed by atoms with van der Waals surface area (Å²) >= 11 is 5.57. The fourth-order valence-electron chi connectivity index (χ4n) is 4.18. The number of nitrogens with zero attached hydrogens (tertiary/aromatic N) is 1. The van der Waals surface area contributed by atoms with Crippen LogP contribution in [0.5, 0.6) is 0 Å². The van der Waals surface area contributed by atoms with Crippen LogP contribution in [0.4, 0.5) is 0 Å². The van der Waals surface area contributed by atoms with E-state index in [1.807, 2.05) is 84.9 Å². The summed E-state index contributed by atoms with van der Waals surface area (Å²) in [5, 5.41) is 3.02. The van der Waals surface area contributed by atoms with Crippen LogP contribution in [-0.2, 0) is 10.3 Å². The molecule has 0 bridgehead atoms. The number of thiocarbonyl (C=S) groups is 1. The number of nitrogens with one attached hydrogen (secondary N) is 1. The fraction of sp³-hybridized carbons (Fsp3) is 0.0417. The second kappa shape index (κ2) is 6.50. The van der Waals surface area contributed by atoms with E-state index in [9.17, 15) is 9.59 Å². The van der Waals surface area contributed by atoms with Crippen LogP contribution in [0, 0.1) is 0 Å². The van der Waals surface area contributed by atoms with Gasteiger partial charge >= 0.3 is 0 Å². The molecule has 2 aliphatic rings. The summed E-state index contributed by atoms with van der Waals surface area (Å²) in [6.45, 7) is 0. The molecule has 3 aromatic carbocycles. The standard InChI is InChI=1S/C24H16N2O2S/c27-21-19-14-8-7-9-16(19)15-20(21)26-23(29)25-22(28)24(26,17-10-3-1-4-11-17)18-12-5-2-6-13-18/h1-15H,(H,25,28,29). The number of ketones is 1. The van der Waals surface area contributed by atoms with Crippen molar-refractivity contribution in [3.8, 4) is 0 Å². The Labute approximate surface area is 173 Å². The van der Waals surface area contributed by atoms with E-state index >= 15 is 0 Å². The minimum absolute atomic E-state index is 0.143. The first-order valence-corrected chi connectivity index (χ1v) is 9.67. The molecule has 0 unspecified atom stereocenters. The number of hydrogen-bond acceptors (Lipinski definition) is 3. The van der Waals surface area contributed by atoms with Gasteiger partial charge in [0, 0.05) is 5.56 Å². The highest BCUT2D eigenvalue weighted by atomic mass is 32.1. The van der Waals surface area contributed by atoms with Gasteiger partial charge in [-0.1, -0.05) is 84.9 Å². The molecule has 1 fully saturated rings. The molecule has 140 valence electrons. The first-order chi connectivity index (χ1) is 14.1. The molecule has 1 heterocycles. The lowest BCUT2D eigenvalue weighted by atomic mass is 9.81. The zero-order valence-electron chi connectivity index (χ0n) is 15.3. The number of carbonyl (C=O) groups excluding carboxylic acids is 2. The lowest BCUT2D eigenvalue weighted by molar-refractivity contribution is -0.124. The maximum absolute atomic E-state index is 13.5. The van der Waals surface area contributed by atoms with E-state index in [0.717, 1.165) is 16.7 Å². The number of carbonyl (C=O) groups is 2. The average molecular weight is 396 g/mol. The summed E-state index contributed by atoms with van der Waals surface area (Å²) < 4.78 is 0. The van der Waals surface area contributed by atoms with Gasteiger partial charge in [0.2, 0.25) is 5.78 Å². The molecular weight excluding hydrogens is 380 g/mol. The monoisotopic (exact) mass is 396 g/mol. The number of hydrogen-bond donors (Lipinski definition) is 1. The highest BCUT2D eigenvalue weighted by Gasteiger charge is 2.56. The van der Waals surface area contributed by atoms with Crippen molar-refractivity contribution in [1.82, 2.24) is 10.2 Å². The molecule has 0 spiro atoms. The van der Waals surface area contributed by atoms with Crippen molar-refractivity contribution in [2.75, 3.05) is 0 Å². The number of amides is 1. The average Bonchev–Trinajstić information content (AvgIpc) is 3.22. The molecule has 1 N–H and O–H groups in total. The third kappa shape index (κ3) is 2.41. The van der Waals surface area contributed by atoms with Gasteiger partial charge in [-0.15, -0.1) is 0 Å². The van der Waals surface area contributed by atoms with E-state index in [1.54, 1.807) is 11.0 Å². The zero-order valence-corrected chi connectivity index (χ0v) is 16.1. The molecule has 29 heavy (non-hydrogen) atoms. The molecule has 5 rings (SSSR count). The van der Waals surface area contributed by atoms with E-state index in [2.05, 4.69) is 5.32 Å². The van der Waals surface area contributed by atoms with Gasteiger partial charge in [0.1, 0.15) is 0 Å². The number of allylic oxidation sites excluding steroid dienone is 1. The SMILES string of the molecule is O=C1C(N2C(=S)NC(=O)C2(c2ccccc2)c2ccccc2)=Cc2ccccc21. The molecule has 0 atom stereocenters. The lowest BCUT2D eigenvalue weighted by Crippen LogP contribution is -2.48. The van der Waals surface area contributed by atoms with Crippen molar-refractivity contribution in [3.05, 3.63) is 113 Å². The van der Waals surface area contributed by atoms with Gasteiger partial charge in [0.25, 0.3) is 5.91 Å². The molecule has 0 aromatic heterocycles. The molecule has 1 saturated heterocycles. The van der Waals surface area contributed by atoms with Crippen LogP contribution >= 0.6 is 12.2 Å². The van der Waals surface area contributed by atoms with Gasteiger partial charge in [-0.05, 0) is 35.0 Å². The Morgan fingerprint density at radius 1 is 0.759 bits per heavy atom. The largest absolute Gasteiger partial charge is 0.300 e. The first-order valence-electron chi connectivity index (χ1n) is 9.26. The summed E-state index contributed by atoms with van der Waals surface area (Å²) in [4.78, 5) is 28.4. The second-order valence-electron chi connectivity index (χ2n) is 6.98. The number of Topliss-reactive ketones (excluding diaryl/α,β-unsaturated/α-hetero) is 1. The topological polar surface area (TPSA) is 49.4 Å². The third-order valence-corrected chi connectivity index (χ3v) is 5.73. The predicted molar refractivity (Wildman–Crippen MR) is 115 cm³/mol. The lowest BCUT2D eigenvalue weighted by Gasteiger charge is -2.37. The normalized spacial score (nSPS) is 17.2. The summed E-state index contributed by atoms with van der Waals surface area (Å²) in [5.41, 5.74) is 2.05. The van der Waals surface area contributed by atoms with E-state index < -0.39 is 5.54 Å². The molecule has 0 radical (unpaired) electrons. The highest BCUT2D eigenvalue weighted by molar-refractivity contribution is 7.80. The molecule has 4 nitrogen and oxygen atoms in total. The Morgan fingerprint density at radius 2 is 1.31 bits per heavy atom. The van der Waals surface area contributed by atoms with Gasteiger partial charge < -0.3 is 0 Å². The van der Waals surface area contributed by atoms with Crippen LogP contribution in [0.25, 0.3) is 6.08 Å². The molecule has 1 aliphatic heterocycles. The van der Waals surface area contributed by atoms with Crippen molar-refractivity contribution < 1.29 is 9.59 Å². The van der Waals surface area contributed by atoms with E-state index in [1.165, 1.54) is 0 Å². The fourth-order valence-corrected chi connectivity index (χ4v) is 4.51. The minimum Gasteiger partial charge on any atom is -0.300 e. The molecule has 5 heteroatoms. The molecule has 3 aromatic rings. The van der Waals surface area contributed by atoms with Gasteiger partial charge in [-0.3, -0.25) is 19.8 Å². The number of rotatable bonds is 3. The Morgan fingerprint density at radius 3 is 1.90 bits per heavy atom. The minimum atomic E-state index is -1.26. The summed E-state index contributed by atoms with van der Waals surface area (Å²) in [6.07, 6.45) is 1.81. The van der Waals surface area contributed by atoms with Gasteiger partial charge in [0.15, 0.2) is 10.7 Å². The van der Waals surface area contributed by atoms with E-state index in [-0.39, 0.29) is 16.8 Å². The molecular formula is C24H16N2O2S. The maximum Gasteiger partial charge on any atom is 0.261 e. The Kier molecular flexibility index (Phi) is 3.93. The molecule has 1 amide bonds. The highest BCUT2D eigenvalue weighted by Crippen LogP contribution is 2.44. The quantitative estimate of drug-likeness (QED) is 0.683. The number of benzene rings is 3. The number of fused-ring (bicyclic) bond motifs is 1. The predicted octanol–water partition coefficient (Wildman–Crippen LogP) is 3.88. The summed E-state index contributed by atoms with van der Waals surface area (Å²) in [6, 6.07) is 26.3. The van der Waals surface area contributed by atoms with Crippen molar-refractivity contribution in [3.63, 3.8) is 0 Å². The van der Waals surface area contributed by atoms with Crippen molar-refractivity contribution >= 4 is 35.1 Å². The Bertz CT molecular complexity index is 1150. The van der Waals surface area contributed by atoms with Crippen LogP contribution in [0.1, 0.15) is 27.0 Å². The van der Waals surface area contributed by atoms with Gasteiger partial charge in [-0.25, -0.2) is 0 Å². The summed E-state index contributed by atoms with van der Waals surface area (Å²) in [5.74, 6) is -0.416. The van der Waals surface area contributed by atoms with Crippen LogP contribution in [0.15, 0.2) is 90.6 Å². The second-order valence-corrected chi connectivity index (χ2v) is 7.37. The Balaban J connectivity index is 1.79. The molecule has 1 aliphatic carbocycles. The van der Waals surface area contributed by atoms with Crippen molar-refractivity contribution in [2.45, 2.75) is 5.54 Å².